The minimum Gasteiger partial charge on any atom is -0.311 e. The Morgan fingerprint density at radius 2 is 1.92 bits per heavy atom. The van der Waals surface area contributed by atoms with E-state index < -0.39 is 0 Å². The Hall–Kier alpha value is -0.670. The first-order chi connectivity index (χ1) is 11.6. The maximum atomic E-state index is 13.8. The van der Waals surface area contributed by atoms with E-state index in [1.165, 1.54) is 11.3 Å². The molecular formula is C20H24ClNOS. The lowest BCUT2D eigenvalue weighted by Gasteiger charge is -2.59. The number of para-hydroxylation sites is 1. The van der Waals surface area contributed by atoms with Crippen molar-refractivity contribution in [1.29, 1.82) is 0 Å². The van der Waals surface area contributed by atoms with Crippen LogP contribution in [0.5, 0.6) is 0 Å². The molecule has 1 aliphatic heterocycles. The van der Waals surface area contributed by atoms with Gasteiger partial charge >= 0.3 is 0 Å². The van der Waals surface area contributed by atoms with Crippen LogP contribution in [0.3, 0.4) is 0 Å². The number of carbonyl (C=O) groups is 1. The summed E-state index contributed by atoms with van der Waals surface area (Å²) in [5, 5.41) is 0. The van der Waals surface area contributed by atoms with E-state index in [0.29, 0.717) is 17.7 Å². The molecule has 2 atom stereocenters. The zero-order valence-electron chi connectivity index (χ0n) is 14.0. The number of anilines is 1. The summed E-state index contributed by atoms with van der Waals surface area (Å²) in [6.45, 7) is 0.856. The maximum Gasteiger partial charge on any atom is 0.233 e. The van der Waals surface area contributed by atoms with Gasteiger partial charge in [-0.15, -0.1) is 23.4 Å². The van der Waals surface area contributed by atoms with Crippen molar-refractivity contribution in [3.05, 3.63) is 24.3 Å². The van der Waals surface area contributed by atoms with E-state index in [1.54, 1.807) is 0 Å². The number of amides is 1. The van der Waals surface area contributed by atoms with Crippen LogP contribution in [0.2, 0.25) is 0 Å². The molecule has 2 nitrogen and oxygen atoms in total. The van der Waals surface area contributed by atoms with E-state index in [1.807, 2.05) is 11.8 Å². The molecule has 2 unspecified atom stereocenters. The van der Waals surface area contributed by atoms with Gasteiger partial charge in [0, 0.05) is 16.3 Å². The van der Waals surface area contributed by atoms with Crippen molar-refractivity contribution in [3.63, 3.8) is 0 Å². The standard InChI is InChI=1S/C20H24ClNOS/c21-20-11-14-8-15(12-20)10-19(9-14,13-20)18(23)22-6-3-7-24-17-5-2-1-4-16(17)22/h1-2,4-5,14-15H,3,6-13H2. The smallest absolute Gasteiger partial charge is 0.233 e. The van der Waals surface area contributed by atoms with Gasteiger partial charge in [-0.2, -0.15) is 0 Å². The summed E-state index contributed by atoms with van der Waals surface area (Å²) in [7, 11) is 0. The molecule has 1 heterocycles. The van der Waals surface area contributed by atoms with Gasteiger partial charge in [0.1, 0.15) is 0 Å². The van der Waals surface area contributed by atoms with Crippen LogP contribution in [0.15, 0.2) is 29.2 Å². The highest BCUT2D eigenvalue weighted by atomic mass is 35.5. The molecule has 0 saturated heterocycles. The highest BCUT2D eigenvalue weighted by molar-refractivity contribution is 7.99. The van der Waals surface area contributed by atoms with Crippen LogP contribution in [-0.2, 0) is 4.79 Å². The Labute approximate surface area is 153 Å². The zero-order chi connectivity index (χ0) is 16.4. The second kappa shape index (κ2) is 5.41. The number of benzene rings is 1. The SMILES string of the molecule is O=C(N1CCCSc2ccccc21)C12CC3CC(CC(Cl)(C3)C1)C2. The fourth-order valence-electron chi connectivity index (χ4n) is 6.23. The molecule has 24 heavy (non-hydrogen) atoms. The van der Waals surface area contributed by atoms with Crippen LogP contribution in [0, 0.1) is 17.3 Å². The summed E-state index contributed by atoms with van der Waals surface area (Å²) in [5.74, 6) is 2.81. The Morgan fingerprint density at radius 3 is 2.67 bits per heavy atom. The lowest BCUT2D eigenvalue weighted by Crippen LogP contribution is -2.59. The Morgan fingerprint density at radius 1 is 1.17 bits per heavy atom. The van der Waals surface area contributed by atoms with Crippen LogP contribution >= 0.6 is 23.4 Å². The molecule has 4 bridgehead atoms. The van der Waals surface area contributed by atoms with E-state index in [2.05, 4.69) is 29.2 Å². The number of fused-ring (bicyclic) bond motifs is 1. The molecule has 1 aromatic rings. The fourth-order valence-corrected chi connectivity index (χ4v) is 7.91. The average molecular weight is 362 g/mol. The first kappa shape index (κ1) is 15.6. The Balaban J connectivity index is 1.52. The fraction of sp³-hybridized carbons (Fsp3) is 0.650. The first-order valence-corrected chi connectivity index (χ1v) is 10.7. The van der Waals surface area contributed by atoms with Crippen LogP contribution in [0.1, 0.15) is 44.9 Å². The third kappa shape index (κ3) is 2.34. The summed E-state index contributed by atoms with van der Waals surface area (Å²) in [4.78, 5) is 17.0. The predicted molar refractivity (Wildman–Crippen MR) is 99.8 cm³/mol. The van der Waals surface area contributed by atoms with Crippen molar-refractivity contribution in [2.75, 3.05) is 17.2 Å². The monoisotopic (exact) mass is 361 g/mol. The quantitative estimate of drug-likeness (QED) is 0.649. The average Bonchev–Trinajstić information content (AvgIpc) is 2.74. The Bertz CT molecular complexity index is 676. The number of thioether (sulfide) groups is 1. The summed E-state index contributed by atoms with van der Waals surface area (Å²) < 4.78 is 0. The number of halogens is 1. The van der Waals surface area contributed by atoms with Crippen LogP contribution < -0.4 is 4.90 Å². The molecule has 4 aliphatic carbocycles. The van der Waals surface area contributed by atoms with Gasteiger partial charge in [0.05, 0.1) is 11.1 Å². The van der Waals surface area contributed by atoms with E-state index in [4.69, 9.17) is 11.6 Å². The molecule has 0 radical (unpaired) electrons. The highest BCUT2D eigenvalue weighted by Crippen LogP contribution is 2.64. The number of hydrogen-bond acceptors (Lipinski definition) is 2. The summed E-state index contributed by atoms with van der Waals surface area (Å²) in [6, 6.07) is 8.43. The Kier molecular flexibility index (Phi) is 3.51. The number of hydrogen-bond donors (Lipinski definition) is 0. The van der Waals surface area contributed by atoms with Crippen molar-refractivity contribution < 1.29 is 4.79 Å². The minimum absolute atomic E-state index is 0.0974. The molecule has 128 valence electrons. The van der Waals surface area contributed by atoms with E-state index >= 15 is 0 Å². The minimum atomic E-state index is -0.187. The van der Waals surface area contributed by atoms with Gasteiger partial charge in [0.2, 0.25) is 5.91 Å². The van der Waals surface area contributed by atoms with Crippen molar-refractivity contribution in [3.8, 4) is 0 Å². The highest BCUT2D eigenvalue weighted by Gasteiger charge is 2.60. The van der Waals surface area contributed by atoms with Crippen molar-refractivity contribution in [2.24, 2.45) is 17.3 Å². The molecule has 4 heteroatoms. The molecule has 6 rings (SSSR count). The normalized spacial score (nSPS) is 40.3. The molecule has 1 aromatic carbocycles. The molecule has 4 fully saturated rings. The molecule has 5 aliphatic rings. The van der Waals surface area contributed by atoms with Crippen molar-refractivity contribution >= 4 is 35.0 Å². The number of carbonyl (C=O) groups excluding carboxylic acids is 1. The predicted octanol–water partition coefficient (Wildman–Crippen LogP) is 5.09. The summed E-state index contributed by atoms with van der Waals surface area (Å²) in [6.07, 6.45) is 7.68. The van der Waals surface area contributed by atoms with Crippen LogP contribution in [0.25, 0.3) is 0 Å². The van der Waals surface area contributed by atoms with Gasteiger partial charge in [0.15, 0.2) is 0 Å². The third-order valence-electron chi connectivity index (χ3n) is 6.63. The molecule has 1 amide bonds. The number of rotatable bonds is 1. The molecule has 4 saturated carbocycles. The maximum absolute atomic E-state index is 13.8. The van der Waals surface area contributed by atoms with Crippen molar-refractivity contribution in [1.82, 2.24) is 0 Å². The van der Waals surface area contributed by atoms with Gasteiger partial charge in [0.25, 0.3) is 0 Å². The summed E-state index contributed by atoms with van der Waals surface area (Å²) >= 11 is 8.85. The van der Waals surface area contributed by atoms with Gasteiger partial charge in [-0.1, -0.05) is 12.1 Å². The number of alkyl halides is 1. The topological polar surface area (TPSA) is 20.3 Å². The van der Waals surface area contributed by atoms with Crippen LogP contribution in [-0.4, -0.2) is 23.1 Å². The van der Waals surface area contributed by atoms with Gasteiger partial charge < -0.3 is 4.90 Å². The molecule has 0 N–H and O–H groups in total. The van der Waals surface area contributed by atoms with Crippen LogP contribution in [0.4, 0.5) is 5.69 Å². The van der Waals surface area contributed by atoms with Gasteiger partial charge in [-0.05, 0) is 74.7 Å². The summed E-state index contributed by atoms with van der Waals surface area (Å²) in [5.41, 5.74) is 0.942. The van der Waals surface area contributed by atoms with Gasteiger partial charge in [-0.25, -0.2) is 0 Å². The van der Waals surface area contributed by atoms with Gasteiger partial charge in [-0.3, -0.25) is 4.79 Å². The van der Waals surface area contributed by atoms with E-state index in [-0.39, 0.29) is 10.3 Å². The number of nitrogens with zero attached hydrogens (tertiary/aromatic N) is 1. The van der Waals surface area contributed by atoms with E-state index in [9.17, 15) is 4.79 Å². The lowest BCUT2D eigenvalue weighted by atomic mass is 9.49. The molecule has 0 spiro atoms. The second-order valence-electron chi connectivity index (χ2n) is 8.52. The van der Waals surface area contributed by atoms with Crippen molar-refractivity contribution in [2.45, 2.75) is 54.7 Å². The first-order valence-electron chi connectivity index (χ1n) is 9.30. The molecular weight excluding hydrogens is 338 g/mol. The lowest BCUT2D eigenvalue weighted by molar-refractivity contribution is -0.141. The van der Waals surface area contributed by atoms with E-state index in [0.717, 1.165) is 56.5 Å². The zero-order valence-corrected chi connectivity index (χ0v) is 15.5. The molecule has 0 aromatic heterocycles. The largest absolute Gasteiger partial charge is 0.311 e. The second-order valence-corrected chi connectivity index (χ2v) is 10.5. The third-order valence-corrected chi connectivity index (χ3v) is 8.22.